The molecule has 0 atom stereocenters. The smallest absolute Gasteiger partial charge is 0.341 e. The lowest BCUT2D eigenvalue weighted by Gasteiger charge is -2.31. The van der Waals surface area contributed by atoms with Crippen LogP contribution in [0.25, 0.3) is 11.1 Å². The van der Waals surface area contributed by atoms with Gasteiger partial charge in [-0.3, -0.25) is 19.8 Å². The molecule has 2 aromatic heterocycles. The van der Waals surface area contributed by atoms with Gasteiger partial charge in [0.2, 0.25) is 0 Å². The van der Waals surface area contributed by atoms with Crippen LogP contribution in [0.3, 0.4) is 0 Å². The summed E-state index contributed by atoms with van der Waals surface area (Å²) >= 11 is 1.49. The minimum atomic E-state index is -0.692. The molecule has 1 saturated heterocycles. The van der Waals surface area contributed by atoms with Crippen LogP contribution in [-0.2, 0) is 14.3 Å². The Labute approximate surface area is 196 Å². The Kier molecular flexibility index (Phi) is 6.00. The fourth-order valence-corrected chi connectivity index (χ4v) is 5.93. The number of nitrogens with one attached hydrogen (secondary N) is 1. The van der Waals surface area contributed by atoms with Gasteiger partial charge in [0, 0.05) is 22.3 Å². The van der Waals surface area contributed by atoms with Gasteiger partial charge >= 0.3 is 12.0 Å². The van der Waals surface area contributed by atoms with Crippen molar-refractivity contribution < 1.29 is 23.9 Å². The number of aromatic nitrogens is 1. The molecule has 1 saturated carbocycles. The minimum absolute atomic E-state index is 0.0616. The number of hydrogen-bond acceptors (Lipinski definition) is 6. The molecule has 1 aliphatic heterocycles. The molecule has 0 unspecified atom stereocenters. The van der Waals surface area contributed by atoms with Gasteiger partial charge in [-0.2, -0.15) is 0 Å². The lowest BCUT2D eigenvalue weighted by Crippen LogP contribution is -2.57. The van der Waals surface area contributed by atoms with Gasteiger partial charge in [0.05, 0.1) is 12.7 Å². The van der Waals surface area contributed by atoms with E-state index in [4.69, 9.17) is 4.74 Å². The Bertz CT molecular complexity index is 1210. The standard InChI is InChI=1S/C24H27N3O5S/c1-12-10-16(14(3)26(12)22-19(23(30)32-5)13(2)15(4)33-22)11-18-20(28)25-24(31)27(21(18)29)17-8-6-7-9-17/h10-11,17H,6-9H2,1-5H3,(H,25,28,31)/b18-11-. The predicted molar refractivity (Wildman–Crippen MR) is 125 cm³/mol. The van der Waals surface area contributed by atoms with E-state index in [1.165, 1.54) is 29.4 Å². The van der Waals surface area contributed by atoms with Crippen molar-refractivity contribution in [3.8, 4) is 5.00 Å². The van der Waals surface area contributed by atoms with Gasteiger partial charge in [0.1, 0.15) is 10.6 Å². The third kappa shape index (κ3) is 3.80. The van der Waals surface area contributed by atoms with Crippen molar-refractivity contribution in [3.05, 3.63) is 44.6 Å². The van der Waals surface area contributed by atoms with E-state index in [0.717, 1.165) is 52.5 Å². The Hall–Kier alpha value is -3.20. The van der Waals surface area contributed by atoms with E-state index in [1.54, 1.807) is 0 Å². The van der Waals surface area contributed by atoms with Crippen molar-refractivity contribution in [1.82, 2.24) is 14.8 Å². The number of thiophene rings is 1. The lowest BCUT2D eigenvalue weighted by atomic mass is 10.1. The number of nitrogens with zero attached hydrogens (tertiary/aromatic N) is 2. The number of amides is 4. The second-order valence-electron chi connectivity index (χ2n) is 8.55. The highest BCUT2D eigenvalue weighted by atomic mass is 32.1. The molecule has 0 bridgehead atoms. The molecule has 2 fully saturated rings. The summed E-state index contributed by atoms with van der Waals surface area (Å²) in [5.74, 6) is -1.66. The number of esters is 1. The molecule has 0 spiro atoms. The third-order valence-corrected chi connectivity index (χ3v) is 7.74. The fourth-order valence-electron chi connectivity index (χ4n) is 4.68. The second kappa shape index (κ2) is 8.62. The van der Waals surface area contributed by atoms with Crippen molar-refractivity contribution in [2.45, 2.75) is 59.4 Å². The highest BCUT2D eigenvalue weighted by molar-refractivity contribution is 7.15. The maximum absolute atomic E-state index is 13.2. The summed E-state index contributed by atoms with van der Waals surface area (Å²) in [7, 11) is 1.36. The SMILES string of the molecule is COC(=O)c1c(-n2c(C)cc(/C=C3/C(=O)NC(=O)N(C4CCCC4)C3=O)c2C)sc(C)c1C. The number of hydrogen-bond donors (Lipinski definition) is 1. The van der Waals surface area contributed by atoms with E-state index in [1.807, 2.05) is 38.3 Å². The van der Waals surface area contributed by atoms with Gasteiger partial charge in [-0.05, 0) is 63.8 Å². The Morgan fingerprint density at radius 2 is 1.82 bits per heavy atom. The second-order valence-corrected chi connectivity index (χ2v) is 9.75. The number of methoxy groups -OCH3 is 1. The molecule has 4 rings (SSSR count). The van der Waals surface area contributed by atoms with Crippen molar-refractivity contribution in [2.24, 2.45) is 0 Å². The molecule has 33 heavy (non-hydrogen) atoms. The quantitative estimate of drug-likeness (QED) is 0.415. The lowest BCUT2D eigenvalue weighted by molar-refractivity contribution is -0.131. The molecule has 0 aromatic carbocycles. The van der Waals surface area contributed by atoms with E-state index in [-0.39, 0.29) is 11.6 Å². The number of aryl methyl sites for hydroxylation is 2. The number of urea groups is 1. The highest BCUT2D eigenvalue weighted by Gasteiger charge is 2.40. The van der Waals surface area contributed by atoms with Crippen molar-refractivity contribution >= 4 is 41.2 Å². The summed E-state index contributed by atoms with van der Waals surface area (Å²) in [6.07, 6.45) is 4.96. The molecule has 8 nitrogen and oxygen atoms in total. The molecule has 1 N–H and O–H groups in total. The average Bonchev–Trinajstić information content (AvgIpc) is 3.45. The first kappa shape index (κ1) is 23.0. The van der Waals surface area contributed by atoms with Crippen LogP contribution in [0.2, 0.25) is 0 Å². The zero-order valence-electron chi connectivity index (χ0n) is 19.4. The Morgan fingerprint density at radius 3 is 2.45 bits per heavy atom. The van der Waals surface area contributed by atoms with E-state index in [9.17, 15) is 19.2 Å². The first-order valence-corrected chi connectivity index (χ1v) is 11.8. The largest absolute Gasteiger partial charge is 0.465 e. The van der Waals surface area contributed by atoms with Crippen LogP contribution in [0.5, 0.6) is 0 Å². The molecule has 3 heterocycles. The monoisotopic (exact) mass is 469 g/mol. The molecule has 174 valence electrons. The number of ether oxygens (including phenoxy) is 1. The molecule has 2 aliphatic rings. The van der Waals surface area contributed by atoms with Crippen molar-refractivity contribution in [2.75, 3.05) is 7.11 Å². The summed E-state index contributed by atoms with van der Waals surface area (Å²) in [5, 5.41) is 3.05. The zero-order valence-corrected chi connectivity index (χ0v) is 20.2. The van der Waals surface area contributed by atoms with Crippen LogP contribution < -0.4 is 5.32 Å². The van der Waals surface area contributed by atoms with Crippen LogP contribution in [0.15, 0.2) is 11.6 Å². The maximum atomic E-state index is 13.2. The molecule has 0 radical (unpaired) electrons. The van der Waals surface area contributed by atoms with Gasteiger partial charge in [0.15, 0.2) is 0 Å². The van der Waals surface area contributed by atoms with Crippen molar-refractivity contribution in [1.29, 1.82) is 0 Å². The summed E-state index contributed by atoms with van der Waals surface area (Å²) < 4.78 is 6.95. The fraction of sp³-hybridized carbons (Fsp3) is 0.417. The number of carbonyl (C=O) groups excluding carboxylic acids is 4. The van der Waals surface area contributed by atoms with Gasteiger partial charge in [-0.15, -0.1) is 11.3 Å². The maximum Gasteiger partial charge on any atom is 0.341 e. The molecular weight excluding hydrogens is 442 g/mol. The minimum Gasteiger partial charge on any atom is -0.465 e. The van der Waals surface area contributed by atoms with Gasteiger partial charge in [-0.25, -0.2) is 9.59 Å². The third-order valence-electron chi connectivity index (χ3n) is 6.55. The first-order chi connectivity index (χ1) is 15.6. The van der Waals surface area contributed by atoms with E-state index in [2.05, 4.69) is 5.32 Å². The number of barbiturate groups is 1. The molecule has 2 aromatic rings. The van der Waals surface area contributed by atoms with Crippen LogP contribution in [0, 0.1) is 27.7 Å². The molecule has 4 amide bonds. The van der Waals surface area contributed by atoms with E-state index in [0.29, 0.717) is 11.1 Å². The normalized spacial score (nSPS) is 18.4. The first-order valence-electron chi connectivity index (χ1n) is 10.9. The van der Waals surface area contributed by atoms with Gasteiger partial charge in [-0.1, -0.05) is 12.8 Å². The summed E-state index contributed by atoms with van der Waals surface area (Å²) in [6, 6.07) is 1.04. The average molecular weight is 470 g/mol. The zero-order chi connectivity index (χ0) is 24.0. The van der Waals surface area contributed by atoms with Gasteiger partial charge < -0.3 is 9.30 Å². The Morgan fingerprint density at radius 1 is 1.15 bits per heavy atom. The molecular formula is C24H27N3O5S. The van der Waals surface area contributed by atoms with E-state index < -0.39 is 23.8 Å². The highest BCUT2D eigenvalue weighted by Crippen LogP contribution is 2.35. The van der Waals surface area contributed by atoms with Gasteiger partial charge in [0.25, 0.3) is 11.8 Å². The molecule has 1 aliphatic carbocycles. The number of imide groups is 2. The van der Waals surface area contributed by atoms with E-state index >= 15 is 0 Å². The number of rotatable bonds is 4. The summed E-state index contributed by atoms with van der Waals surface area (Å²) in [5.41, 5.74) is 3.60. The Balaban J connectivity index is 1.78. The number of carbonyl (C=O) groups is 4. The molecule has 9 heteroatoms. The van der Waals surface area contributed by atoms with Crippen LogP contribution in [-0.4, -0.2) is 46.4 Å². The summed E-state index contributed by atoms with van der Waals surface area (Å²) in [6.45, 7) is 7.61. The topological polar surface area (TPSA) is 97.7 Å². The van der Waals surface area contributed by atoms with Crippen LogP contribution >= 0.6 is 11.3 Å². The predicted octanol–water partition coefficient (Wildman–Crippen LogP) is 3.96. The van der Waals surface area contributed by atoms with Crippen molar-refractivity contribution in [3.63, 3.8) is 0 Å². The van der Waals surface area contributed by atoms with Crippen LogP contribution in [0.1, 0.15) is 63.4 Å². The summed E-state index contributed by atoms with van der Waals surface area (Å²) in [4.78, 5) is 52.8. The van der Waals surface area contributed by atoms with Crippen LogP contribution in [0.4, 0.5) is 4.79 Å².